The van der Waals surface area contributed by atoms with Gasteiger partial charge in [-0.2, -0.15) is 0 Å². The van der Waals surface area contributed by atoms with Crippen molar-refractivity contribution in [2.45, 2.75) is 122 Å². The lowest BCUT2D eigenvalue weighted by Crippen LogP contribution is -2.41. The quantitative estimate of drug-likeness (QED) is 0.0696. The maximum Gasteiger partial charge on any atom is 0.261 e. The van der Waals surface area contributed by atoms with E-state index in [2.05, 4.69) is 132 Å². The Morgan fingerprint density at radius 2 is 0.591 bits per heavy atom. The summed E-state index contributed by atoms with van der Waals surface area (Å²) in [7, 11) is 0. The Morgan fingerprint density at radius 3 is 0.833 bits per heavy atom. The molecule has 2 heterocycles. The molecule has 0 aliphatic carbocycles. The molecule has 10 rings (SSSR count). The van der Waals surface area contributed by atoms with Crippen molar-refractivity contribution in [1.29, 1.82) is 0 Å². The first kappa shape index (κ1) is 44.2. The molecule has 8 aromatic rings. The average molecular weight is 879 g/mol. The molecule has 6 heteroatoms. The fraction of sp³-hybridized carbons (Fsp3) is 0.433. The van der Waals surface area contributed by atoms with Crippen LogP contribution in [0.1, 0.15) is 163 Å². The molecular weight excluding hydrogens is 813 g/mol. The van der Waals surface area contributed by atoms with Crippen LogP contribution in [0.2, 0.25) is 0 Å². The first-order valence-corrected chi connectivity index (χ1v) is 24.5. The van der Waals surface area contributed by atoms with Crippen molar-refractivity contribution in [1.82, 2.24) is 9.80 Å². The van der Waals surface area contributed by atoms with Gasteiger partial charge in [-0.15, -0.1) is 0 Å². The van der Waals surface area contributed by atoms with Gasteiger partial charge in [-0.1, -0.05) is 132 Å². The predicted molar refractivity (Wildman–Crippen MR) is 275 cm³/mol. The minimum Gasteiger partial charge on any atom is -0.274 e. The van der Waals surface area contributed by atoms with Gasteiger partial charge in [0.2, 0.25) is 0 Å². The summed E-state index contributed by atoms with van der Waals surface area (Å²) in [5.41, 5.74) is 3.14. The van der Waals surface area contributed by atoms with E-state index in [9.17, 15) is 19.2 Å². The zero-order valence-corrected chi connectivity index (χ0v) is 41.3. The molecule has 0 aromatic heterocycles. The molecule has 0 saturated heterocycles. The topological polar surface area (TPSA) is 74.8 Å². The highest BCUT2D eigenvalue weighted by Crippen LogP contribution is 2.50. The zero-order chi connectivity index (χ0) is 47.2. The van der Waals surface area contributed by atoms with Gasteiger partial charge in [-0.3, -0.25) is 29.0 Å². The number of hydrogen-bond acceptors (Lipinski definition) is 4. The third-order valence-electron chi connectivity index (χ3n) is 15.1. The van der Waals surface area contributed by atoms with Crippen LogP contribution in [-0.2, 0) is 0 Å². The number of carbonyl (C=O) groups is 4. The second kappa shape index (κ2) is 14.9. The van der Waals surface area contributed by atoms with Crippen LogP contribution in [0.25, 0.3) is 75.4 Å². The van der Waals surface area contributed by atoms with E-state index in [1.807, 2.05) is 24.3 Å². The van der Waals surface area contributed by atoms with Crippen molar-refractivity contribution in [2.24, 2.45) is 33.5 Å². The van der Waals surface area contributed by atoms with Crippen molar-refractivity contribution < 1.29 is 19.2 Å². The molecule has 340 valence electrons. The summed E-state index contributed by atoms with van der Waals surface area (Å²) in [6.45, 7) is 28.3. The minimum absolute atomic E-state index is 0.161. The summed E-state index contributed by atoms with van der Waals surface area (Å²) in [6, 6.07) is 24.8. The van der Waals surface area contributed by atoms with Gasteiger partial charge in [-0.25, -0.2) is 0 Å². The SMILES string of the molecule is CC(CCN1C(=O)c2ccc3c4ccc5c6ccc7c8c(ccc(c9ccc(c%10ccc(c2c3%10)C1=O)c4c59)c86)C(=O)N(CCC(C)CC(C)(C)CC(C)(C)C)C7=O)CC(C)(C)CC(C)(C)C. The van der Waals surface area contributed by atoms with Crippen LogP contribution in [0.15, 0.2) is 72.8 Å². The summed E-state index contributed by atoms with van der Waals surface area (Å²) in [5.74, 6) is -0.131. The van der Waals surface area contributed by atoms with Crippen LogP contribution in [-0.4, -0.2) is 46.5 Å². The van der Waals surface area contributed by atoms with Gasteiger partial charge in [0.1, 0.15) is 0 Å². The highest BCUT2D eigenvalue weighted by Gasteiger charge is 2.38. The molecular formula is C60H66N2O4. The summed E-state index contributed by atoms with van der Waals surface area (Å²) < 4.78 is 0. The Balaban J connectivity index is 1.02. The fourth-order valence-electron chi connectivity index (χ4n) is 14.0. The van der Waals surface area contributed by atoms with E-state index in [-0.39, 0.29) is 45.3 Å². The molecule has 0 bridgehead atoms. The summed E-state index contributed by atoms with van der Waals surface area (Å²) in [5, 5.41) is 14.0. The summed E-state index contributed by atoms with van der Waals surface area (Å²) in [6.07, 6.45) is 5.81. The predicted octanol–water partition coefficient (Wildman–Crippen LogP) is 15.6. The van der Waals surface area contributed by atoms with Gasteiger partial charge in [0.05, 0.1) is 0 Å². The molecule has 2 unspecified atom stereocenters. The lowest BCUT2D eigenvalue weighted by atomic mass is 9.71. The monoisotopic (exact) mass is 879 g/mol. The molecule has 66 heavy (non-hydrogen) atoms. The number of imide groups is 2. The highest BCUT2D eigenvalue weighted by molar-refractivity contribution is 6.45. The Kier molecular flexibility index (Phi) is 10.0. The van der Waals surface area contributed by atoms with E-state index >= 15 is 0 Å². The second-order valence-electron chi connectivity index (χ2n) is 24.7. The Hall–Kier alpha value is -5.62. The molecule has 0 spiro atoms. The zero-order valence-electron chi connectivity index (χ0n) is 41.3. The Bertz CT molecular complexity index is 2960. The van der Waals surface area contributed by atoms with Crippen LogP contribution in [0.3, 0.4) is 0 Å². The van der Waals surface area contributed by atoms with E-state index in [1.165, 1.54) is 9.80 Å². The number of hydrogen-bond donors (Lipinski definition) is 0. The van der Waals surface area contributed by atoms with Gasteiger partial charge < -0.3 is 0 Å². The number of rotatable bonds is 12. The first-order valence-electron chi connectivity index (χ1n) is 24.5. The maximum absolute atomic E-state index is 14.3. The number of amides is 4. The molecule has 4 amide bonds. The van der Waals surface area contributed by atoms with E-state index in [1.54, 1.807) is 0 Å². The third-order valence-corrected chi connectivity index (χ3v) is 15.1. The van der Waals surface area contributed by atoms with Crippen molar-refractivity contribution in [2.75, 3.05) is 13.1 Å². The van der Waals surface area contributed by atoms with Gasteiger partial charge in [0.25, 0.3) is 23.6 Å². The van der Waals surface area contributed by atoms with Gasteiger partial charge in [-0.05, 0) is 161 Å². The maximum atomic E-state index is 14.3. The summed E-state index contributed by atoms with van der Waals surface area (Å²) >= 11 is 0. The molecule has 2 aliphatic heterocycles. The van der Waals surface area contributed by atoms with Crippen molar-refractivity contribution >= 4 is 99.0 Å². The first-order chi connectivity index (χ1) is 30.9. The number of nitrogens with zero attached hydrogens (tertiary/aromatic N) is 2. The standard InChI is InChI=1S/C60H66N2O4/c1-33(29-59(9,10)31-57(3,4)5)25-27-61-53(63)43-21-17-39-35-13-15-37-41-19-23-45-52-46(56(66)62(55(45)65)28-26-34(2)30-60(11,12)32-58(6,7)8)24-20-42(50(41)52)38-16-14-36(47(35)48(37)38)40-18-22-44(54(61)64)51(43)49(39)40/h13-24,33-34H,25-32H2,1-12H3. The fourth-order valence-corrected chi connectivity index (χ4v) is 14.0. The van der Waals surface area contributed by atoms with Crippen molar-refractivity contribution in [3.63, 3.8) is 0 Å². The molecule has 0 radical (unpaired) electrons. The number of fused-ring (bicyclic) bond motifs is 4. The lowest BCUT2D eigenvalue weighted by Gasteiger charge is -2.35. The second-order valence-corrected chi connectivity index (χ2v) is 24.7. The largest absolute Gasteiger partial charge is 0.274 e. The van der Waals surface area contributed by atoms with Gasteiger partial charge in [0.15, 0.2) is 0 Å². The summed E-state index contributed by atoms with van der Waals surface area (Å²) in [4.78, 5) is 60.3. The molecule has 0 fully saturated rings. The molecule has 2 aliphatic rings. The van der Waals surface area contributed by atoms with Crippen LogP contribution in [0, 0.1) is 33.5 Å². The molecule has 8 aromatic carbocycles. The molecule has 6 nitrogen and oxygen atoms in total. The van der Waals surface area contributed by atoms with E-state index in [0.717, 1.165) is 114 Å². The number of carbonyl (C=O) groups excluding carboxylic acids is 4. The van der Waals surface area contributed by atoms with E-state index in [0.29, 0.717) is 47.2 Å². The van der Waals surface area contributed by atoms with Crippen molar-refractivity contribution in [3.8, 4) is 0 Å². The smallest absolute Gasteiger partial charge is 0.261 e. The van der Waals surface area contributed by atoms with Crippen LogP contribution in [0.5, 0.6) is 0 Å². The molecule has 2 atom stereocenters. The number of benzene rings is 8. The average Bonchev–Trinajstić information content (AvgIpc) is 3.21. The third kappa shape index (κ3) is 7.11. The van der Waals surface area contributed by atoms with Gasteiger partial charge in [0, 0.05) is 46.1 Å². The molecule has 0 N–H and O–H groups in total. The van der Waals surface area contributed by atoms with E-state index in [4.69, 9.17) is 0 Å². The normalized spacial score (nSPS) is 16.3. The Morgan fingerprint density at radius 1 is 0.364 bits per heavy atom. The van der Waals surface area contributed by atoms with Crippen LogP contribution >= 0.6 is 0 Å². The van der Waals surface area contributed by atoms with Crippen LogP contribution in [0.4, 0.5) is 0 Å². The van der Waals surface area contributed by atoms with Crippen LogP contribution < -0.4 is 0 Å². The molecule has 0 saturated carbocycles. The van der Waals surface area contributed by atoms with E-state index < -0.39 is 0 Å². The van der Waals surface area contributed by atoms with Gasteiger partial charge >= 0.3 is 0 Å². The lowest BCUT2D eigenvalue weighted by molar-refractivity contribution is 0.0581. The van der Waals surface area contributed by atoms with Crippen molar-refractivity contribution in [3.05, 3.63) is 95.1 Å². The highest BCUT2D eigenvalue weighted by atomic mass is 16.2. The Labute approximate surface area is 389 Å². The minimum atomic E-state index is -0.213.